The molecular formula is C28H32FN5O4. The fourth-order valence-electron chi connectivity index (χ4n) is 4.80. The van der Waals surface area contributed by atoms with Crippen molar-refractivity contribution in [3.63, 3.8) is 0 Å². The number of aromatic amines is 1. The van der Waals surface area contributed by atoms with Gasteiger partial charge in [-0.05, 0) is 68.1 Å². The Labute approximate surface area is 219 Å². The van der Waals surface area contributed by atoms with Gasteiger partial charge in [0.05, 0.1) is 28.8 Å². The molecule has 5 rings (SSSR count). The first kappa shape index (κ1) is 25.8. The van der Waals surface area contributed by atoms with Gasteiger partial charge in [-0.15, -0.1) is 0 Å². The lowest BCUT2D eigenvalue weighted by Gasteiger charge is -2.44. The fourth-order valence-corrected chi connectivity index (χ4v) is 4.80. The zero-order valence-corrected chi connectivity index (χ0v) is 21.4. The number of ether oxygens (including phenoxy) is 1. The molecule has 1 aromatic heterocycles. The highest BCUT2D eigenvalue weighted by Gasteiger charge is 2.36. The normalized spacial score (nSPS) is 15.7. The number of rotatable bonds is 9. The van der Waals surface area contributed by atoms with Gasteiger partial charge in [0.2, 0.25) is 5.91 Å². The van der Waals surface area contributed by atoms with Crippen molar-refractivity contribution in [2.75, 3.05) is 26.7 Å². The lowest BCUT2D eigenvalue weighted by Crippen LogP contribution is -2.61. The van der Waals surface area contributed by atoms with E-state index in [0.717, 1.165) is 19.3 Å². The van der Waals surface area contributed by atoms with Crippen LogP contribution < -0.4 is 16.0 Å². The van der Waals surface area contributed by atoms with E-state index in [1.807, 2.05) is 6.07 Å². The summed E-state index contributed by atoms with van der Waals surface area (Å²) in [6.07, 6.45) is 4.66. The Balaban J connectivity index is 1.31. The van der Waals surface area contributed by atoms with Crippen LogP contribution >= 0.6 is 0 Å². The van der Waals surface area contributed by atoms with Crippen molar-refractivity contribution >= 4 is 22.6 Å². The lowest BCUT2D eigenvalue weighted by molar-refractivity contribution is -0.134. The molecule has 1 saturated carbocycles. The molecule has 0 radical (unpaired) electrons. The Morgan fingerprint density at radius 2 is 1.97 bits per heavy atom. The number of halogens is 1. The van der Waals surface area contributed by atoms with Gasteiger partial charge in [-0.1, -0.05) is 6.07 Å². The molecule has 200 valence electrons. The molecule has 2 amide bonds. The molecule has 10 heteroatoms. The van der Waals surface area contributed by atoms with Crippen LogP contribution in [-0.4, -0.2) is 70.6 Å². The van der Waals surface area contributed by atoms with Crippen LogP contribution in [0.25, 0.3) is 10.8 Å². The Morgan fingerprint density at radius 3 is 2.68 bits per heavy atom. The van der Waals surface area contributed by atoms with Crippen LogP contribution in [0.5, 0.6) is 5.75 Å². The van der Waals surface area contributed by atoms with Crippen molar-refractivity contribution in [2.24, 2.45) is 5.73 Å². The maximum absolute atomic E-state index is 14.7. The summed E-state index contributed by atoms with van der Waals surface area (Å²) in [4.78, 5) is 40.9. The first-order valence-electron chi connectivity index (χ1n) is 13.1. The van der Waals surface area contributed by atoms with Gasteiger partial charge in [-0.3, -0.25) is 14.4 Å². The van der Waals surface area contributed by atoms with E-state index < -0.39 is 11.7 Å². The van der Waals surface area contributed by atoms with E-state index >= 15 is 0 Å². The first-order chi connectivity index (χ1) is 18.3. The van der Waals surface area contributed by atoms with Crippen LogP contribution in [0.4, 0.5) is 4.39 Å². The summed E-state index contributed by atoms with van der Waals surface area (Å²) >= 11 is 0. The molecular weight excluding hydrogens is 489 g/mol. The minimum atomic E-state index is -0.606. The smallest absolute Gasteiger partial charge is 0.272 e. The standard InChI is InChI=1S/C28H32FN5O4/c1-33(26(35)6-3-11-30)18-15-34(16-18)28(37)23-12-17(7-10-24(23)29)13-25-22-14-20(38-19-4-2-5-19)8-9-21(22)27(36)32-31-25/h7-10,12,14,18-19H,2-6,11,13,15-16,30H2,1H3,(H,32,36). The average molecular weight is 522 g/mol. The van der Waals surface area contributed by atoms with Crippen molar-refractivity contribution in [3.8, 4) is 5.75 Å². The molecule has 2 fully saturated rings. The van der Waals surface area contributed by atoms with E-state index in [4.69, 9.17) is 10.5 Å². The summed E-state index contributed by atoms with van der Waals surface area (Å²) < 4.78 is 20.7. The minimum Gasteiger partial charge on any atom is -0.490 e. The van der Waals surface area contributed by atoms with E-state index in [-0.39, 0.29) is 29.2 Å². The predicted molar refractivity (Wildman–Crippen MR) is 141 cm³/mol. The average Bonchev–Trinajstić information content (AvgIpc) is 2.86. The molecule has 2 aliphatic rings. The number of carbonyl (C=O) groups excluding carboxylic acids is 2. The van der Waals surface area contributed by atoms with Crippen LogP contribution in [0.2, 0.25) is 0 Å². The van der Waals surface area contributed by atoms with E-state index in [0.29, 0.717) is 66.7 Å². The second kappa shape index (κ2) is 10.9. The summed E-state index contributed by atoms with van der Waals surface area (Å²) in [5.74, 6) is -0.351. The third-order valence-electron chi connectivity index (χ3n) is 7.51. The molecule has 2 heterocycles. The molecule has 1 aliphatic carbocycles. The van der Waals surface area contributed by atoms with Gasteiger partial charge in [0.25, 0.3) is 11.5 Å². The van der Waals surface area contributed by atoms with Gasteiger partial charge in [-0.25, -0.2) is 9.49 Å². The van der Waals surface area contributed by atoms with Gasteiger partial charge in [0.15, 0.2) is 0 Å². The van der Waals surface area contributed by atoms with E-state index in [9.17, 15) is 18.8 Å². The molecule has 0 bridgehead atoms. The Kier molecular flexibility index (Phi) is 7.42. The van der Waals surface area contributed by atoms with Gasteiger partial charge in [0, 0.05) is 38.4 Å². The highest BCUT2D eigenvalue weighted by molar-refractivity contribution is 5.95. The van der Waals surface area contributed by atoms with Crippen LogP contribution in [0.3, 0.4) is 0 Å². The summed E-state index contributed by atoms with van der Waals surface area (Å²) in [6, 6.07) is 9.68. The van der Waals surface area contributed by atoms with E-state index in [1.165, 1.54) is 17.0 Å². The molecule has 3 N–H and O–H groups in total. The van der Waals surface area contributed by atoms with Crippen LogP contribution in [-0.2, 0) is 11.2 Å². The molecule has 38 heavy (non-hydrogen) atoms. The highest BCUT2D eigenvalue weighted by Crippen LogP contribution is 2.28. The number of carbonyl (C=O) groups is 2. The lowest BCUT2D eigenvalue weighted by atomic mass is 9.96. The number of amides is 2. The number of nitrogens with two attached hydrogens (primary N) is 1. The number of likely N-dealkylation sites (tertiary alicyclic amines) is 1. The third kappa shape index (κ3) is 5.26. The monoisotopic (exact) mass is 521 g/mol. The summed E-state index contributed by atoms with van der Waals surface area (Å²) in [5, 5.41) is 7.94. The molecule has 0 atom stereocenters. The molecule has 2 aromatic carbocycles. The van der Waals surface area contributed by atoms with Crippen molar-refractivity contribution in [1.82, 2.24) is 20.0 Å². The number of likely N-dealkylation sites (N-methyl/N-ethyl adjacent to an activating group) is 1. The summed E-state index contributed by atoms with van der Waals surface area (Å²) in [6.45, 7) is 1.15. The second-order valence-electron chi connectivity index (χ2n) is 10.1. The minimum absolute atomic E-state index is 0.0115. The molecule has 9 nitrogen and oxygen atoms in total. The van der Waals surface area contributed by atoms with Gasteiger partial charge in [-0.2, -0.15) is 5.10 Å². The van der Waals surface area contributed by atoms with Crippen LogP contribution in [0, 0.1) is 5.82 Å². The number of aromatic nitrogens is 2. The Bertz CT molecular complexity index is 1410. The topological polar surface area (TPSA) is 122 Å². The van der Waals surface area contributed by atoms with Crippen molar-refractivity contribution in [2.45, 2.75) is 50.7 Å². The van der Waals surface area contributed by atoms with E-state index in [2.05, 4.69) is 10.2 Å². The molecule has 0 spiro atoms. The number of fused-ring (bicyclic) bond motifs is 1. The SMILES string of the molecule is CN(C(=O)CCCN)C1CN(C(=O)c2cc(Cc3n[nH]c(=O)c4ccc(OC5CCC5)cc34)ccc2F)C1. The predicted octanol–water partition coefficient (Wildman–Crippen LogP) is 2.61. The van der Waals surface area contributed by atoms with Crippen LogP contribution in [0.1, 0.15) is 53.7 Å². The number of H-pyrrole nitrogens is 1. The molecule has 1 aliphatic heterocycles. The zero-order valence-electron chi connectivity index (χ0n) is 21.4. The van der Waals surface area contributed by atoms with Crippen molar-refractivity contribution in [3.05, 3.63) is 69.4 Å². The highest BCUT2D eigenvalue weighted by atomic mass is 19.1. The molecule has 1 saturated heterocycles. The quantitative estimate of drug-likeness (QED) is 0.447. The number of hydrogen-bond acceptors (Lipinski definition) is 6. The molecule has 0 unspecified atom stereocenters. The Hall–Kier alpha value is -3.79. The van der Waals surface area contributed by atoms with Gasteiger partial charge < -0.3 is 20.3 Å². The number of benzene rings is 2. The summed E-state index contributed by atoms with van der Waals surface area (Å²) in [7, 11) is 1.72. The third-order valence-corrected chi connectivity index (χ3v) is 7.51. The van der Waals surface area contributed by atoms with Crippen molar-refractivity contribution in [1.29, 1.82) is 0 Å². The maximum Gasteiger partial charge on any atom is 0.272 e. The van der Waals surface area contributed by atoms with Gasteiger partial charge in [0.1, 0.15) is 11.6 Å². The fraction of sp³-hybridized carbons (Fsp3) is 0.429. The maximum atomic E-state index is 14.7. The number of nitrogens with one attached hydrogen (secondary N) is 1. The largest absolute Gasteiger partial charge is 0.490 e. The summed E-state index contributed by atoms with van der Waals surface area (Å²) in [5.41, 5.74) is 6.45. The number of nitrogens with zero attached hydrogens (tertiary/aromatic N) is 3. The van der Waals surface area contributed by atoms with Crippen LogP contribution in [0.15, 0.2) is 41.2 Å². The zero-order chi connectivity index (χ0) is 26.8. The molecule has 3 aromatic rings. The second-order valence-corrected chi connectivity index (χ2v) is 10.1. The first-order valence-corrected chi connectivity index (χ1v) is 13.1. The Morgan fingerprint density at radius 1 is 1.18 bits per heavy atom. The van der Waals surface area contributed by atoms with Crippen molar-refractivity contribution < 1.29 is 18.7 Å². The van der Waals surface area contributed by atoms with Gasteiger partial charge >= 0.3 is 0 Å². The van der Waals surface area contributed by atoms with E-state index in [1.54, 1.807) is 30.1 Å². The number of hydrogen-bond donors (Lipinski definition) is 2.